The van der Waals surface area contributed by atoms with Gasteiger partial charge in [0.25, 0.3) is 5.91 Å². The summed E-state index contributed by atoms with van der Waals surface area (Å²) < 4.78 is 18.8. The Morgan fingerprint density at radius 3 is 2.96 bits per heavy atom. The maximum absolute atomic E-state index is 13.2. The number of fused-ring (bicyclic) bond motifs is 2. The lowest BCUT2D eigenvalue weighted by Gasteiger charge is -2.20. The zero-order valence-electron chi connectivity index (χ0n) is 12.4. The standard InChI is InChI=1S/C17H17FN2O2S/c18-10-2-1-3-12(8-10)23-16-7-6-15(22-16)17(21)20-14-9-11-4-5-13(14)19-11/h1-3,6-8,11,13-14,19H,4-5,9H2,(H,20,21)/t11-,13+,14-/m1/s1. The second kappa shape index (κ2) is 6.02. The first kappa shape index (κ1) is 14.8. The molecule has 2 fully saturated rings. The SMILES string of the molecule is O=C(N[C@@H]1C[C@H]2CC[C@@H]1N2)c1ccc(Sc2cccc(F)c2)o1. The van der Waals surface area contributed by atoms with E-state index in [9.17, 15) is 9.18 Å². The van der Waals surface area contributed by atoms with Crippen molar-refractivity contribution in [2.45, 2.75) is 47.4 Å². The number of benzene rings is 1. The smallest absolute Gasteiger partial charge is 0.287 e. The number of rotatable bonds is 4. The van der Waals surface area contributed by atoms with Gasteiger partial charge in [0.05, 0.1) is 0 Å². The molecule has 2 aliphatic heterocycles. The van der Waals surface area contributed by atoms with E-state index in [0.717, 1.165) is 17.7 Å². The van der Waals surface area contributed by atoms with E-state index in [1.54, 1.807) is 24.3 Å². The van der Waals surface area contributed by atoms with E-state index in [0.29, 0.717) is 22.9 Å². The number of carbonyl (C=O) groups excluding carboxylic acids is 1. The molecule has 0 unspecified atom stereocenters. The van der Waals surface area contributed by atoms with Crippen LogP contribution in [0, 0.1) is 5.82 Å². The van der Waals surface area contributed by atoms with Crippen molar-refractivity contribution in [3.63, 3.8) is 0 Å². The highest BCUT2D eigenvalue weighted by Gasteiger charge is 2.39. The van der Waals surface area contributed by atoms with Crippen LogP contribution in [0.5, 0.6) is 0 Å². The molecule has 2 bridgehead atoms. The fourth-order valence-electron chi connectivity index (χ4n) is 3.37. The van der Waals surface area contributed by atoms with E-state index < -0.39 is 0 Å². The third-order valence-electron chi connectivity index (χ3n) is 4.44. The molecule has 0 radical (unpaired) electrons. The normalized spacial score (nSPS) is 25.7. The number of hydrogen-bond acceptors (Lipinski definition) is 4. The van der Waals surface area contributed by atoms with E-state index in [-0.39, 0.29) is 17.8 Å². The first-order valence-electron chi connectivity index (χ1n) is 7.77. The van der Waals surface area contributed by atoms with Crippen LogP contribution < -0.4 is 10.6 Å². The molecule has 1 aromatic carbocycles. The summed E-state index contributed by atoms with van der Waals surface area (Å²) >= 11 is 1.30. The molecule has 0 saturated carbocycles. The van der Waals surface area contributed by atoms with E-state index in [2.05, 4.69) is 10.6 Å². The number of carbonyl (C=O) groups is 1. The van der Waals surface area contributed by atoms with Crippen LogP contribution in [-0.2, 0) is 0 Å². The maximum atomic E-state index is 13.2. The predicted molar refractivity (Wildman–Crippen MR) is 85.0 cm³/mol. The van der Waals surface area contributed by atoms with Crippen molar-refractivity contribution in [2.24, 2.45) is 0 Å². The van der Waals surface area contributed by atoms with Crippen molar-refractivity contribution < 1.29 is 13.6 Å². The molecule has 0 aliphatic carbocycles. The molecule has 2 saturated heterocycles. The molecule has 23 heavy (non-hydrogen) atoms. The molecule has 6 heteroatoms. The van der Waals surface area contributed by atoms with Gasteiger partial charge in [-0.15, -0.1) is 0 Å². The molecule has 2 aliphatic rings. The highest BCUT2D eigenvalue weighted by atomic mass is 32.2. The van der Waals surface area contributed by atoms with Gasteiger partial charge < -0.3 is 15.1 Å². The number of furan rings is 1. The van der Waals surface area contributed by atoms with Crippen LogP contribution in [0.1, 0.15) is 29.8 Å². The summed E-state index contributed by atoms with van der Waals surface area (Å²) in [7, 11) is 0. The van der Waals surface area contributed by atoms with Crippen LogP contribution in [0.15, 0.2) is 50.8 Å². The fraction of sp³-hybridized carbons (Fsp3) is 0.353. The Hall–Kier alpha value is -1.79. The quantitative estimate of drug-likeness (QED) is 0.903. The zero-order valence-corrected chi connectivity index (χ0v) is 13.2. The number of halogens is 1. The Bertz CT molecular complexity index is 733. The number of nitrogens with one attached hydrogen (secondary N) is 2. The summed E-state index contributed by atoms with van der Waals surface area (Å²) in [6.45, 7) is 0. The van der Waals surface area contributed by atoms with Crippen molar-refractivity contribution in [1.29, 1.82) is 0 Å². The van der Waals surface area contributed by atoms with Crippen molar-refractivity contribution in [3.8, 4) is 0 Å². The minimum absolute atomic E-state index is 0.185. The van der Waals surface area contributed by atoms with Gasteiger partial charge in [-0.05, 0) is 49.6 Å². The number of hydrogen-bond donors (Lipinski definition) is 2. The third kappa shape index (κ3) is 3.14. The molecule has 1 aromatic heterocycles. The van der Waals surface area contributed by atoms with E-state index in [4.69, 9.17) is 4.42 Å². The van der Waals surface area contributed by atoms with Gasteiger partial charge in [0.15, 0.2) is 10.9 Å². The number of amides is 1. The molecule has 2 aromatic rings. The van der Waals surface area contributed by atoms with Gasteiger partial charge in [-0.2, -0.15) is 0 Å². The zero-order chi connectivity index (χ0) is 15.8. The average Bonchev–Trinajstić information content (AvgIpc) is 3.23. The molecule has 0 spiro atoms. The molecule has 3 atom stereocenters. The van der Waals surface area contributed by atoms with Crippen molar-refractivity contribution in [1.82, 2.24) is 10.6 Å². The summed E-state index contributed by atoms with van der Waals surface area (Å²) in [6.07, 6.45) is 3.31. The minimum Gasteiger partial charge on any atom is -0.444 e. The average molecular weight is 332 g/mol. The summed E-state index contributed by atoms with van der Waals surface area (Å²) in [5.74, 6) is -0.176. The second-order valence-electron chi connectivity index (χ2n) is 6.04. The van der Waals surface area contributed by atoms with Gasteiger partial charge in [0.2, 0.25) is 0 Å². The van der Waals surface area contributed by atoms with Gasteiger partial charge in [0, 0.05) is 23.0 Å². The largest absolute Gasteiger partial charge is 0.444 e. The van der Waals surface area contributed by atoms with Gasteiger partial charge in [-0.25, -0.2) is 4.39 Å². The molecular formula is C17H17FN2O2S. The van der Waals surface area contributed by atoms with Crippen LogP contribution in [0.3, 0.4) is 0 Å². The molecule has 3 heterocycles. The second-order valence-corrected chi connectivity index (χ2v) is 7.12. The summed E-state index contributed by atoms with van der Waals surface area (Å²) in [4.78, 5) is 13.0. The van der Waals surface area contributed by atoms with E-state index >= 15 is 0 Å². The molecule has 120 valence electrons. The molecule has 1 amide bonds. The van der Waals surface area contributed by atoms with Crippen LogP contribution in [-0.4, -0.2) is 24.0 Å². The van der Waals surface area contributed by atoms with Crippen LogP contribution in [0.25, 0.3) is 0 Å². The van der Waals surface area contributed by atoms with Crippen LogP contribution in [0.4, 0.5) is 4.39 Å². The first-order chi connectivity index (χ1) is 11.2. The van der Waals surface area contributed by atoms with Crippen LogP contribution in [0.2, 0.25) is 0 Å². The lowest BCUT2D eigenvalue weighted by molar-refractivity contribution is 0.0897. The predicted octanol–water partition coefficient (Wildman–Crippen LogP) is 3.19. The Balaban J connectivity index is 1.40. The summed E-state index contributed by atoms with van der Waals surface area (Å²) in [5.41, 5.74) is 0. The van der Waals surface area contributed by atoms with E-state index in [1.807, 2.05) is 0 Å². The van der Waals surface area contributed by atoms with Gasteiger partial charge in [0.1, 0.15) is 5.82 Å². The lowest BCUT2D eigenvalue weighted by Crippen LogP contribution is -2.42. The van der Waals surface area contributed by atoms with Gasteiger partial charge >= 0.3 is 0 Å². The molecule has 4 rings (SSSR count). The third-order valence-corrected chi connectivity index (χ3v) is 5.35. The van der Waals surface area contributed by atoms with Crippen molar-refractivity contribution >= 4 is 17.7 Å². The summed E-state index contributed by atoms with van der Waals surface area (Å²) in [6, 6.07) is 10.8. The topological polar surface area (TPSA) is 54.3 Å². The fourth-order valence-corrected chi connectivity index (χ4v) is 4.18. The molecule has 4 nitrogen and oxygen atoms in total. The summed E-state index contributed by atoms with van der Waals surface area (Å²) in [5, 5.41) is 7.12. The monoisotopic (exact) mass is 332 g/mol. The van der Waals surface area contributed by atoms with Crippen molar-refractivity contribution in [2.75, 3.05) is 0 Å². The van der Waals surface area contributed by atoms with Crippen LogP contribution >= 0.6 is 11.8 Å². The maximum Gasteiger partial charge on any atom is 0.287 e. The van der Waals surface area contributed by atoms with Crippen molar-refractivity contribution in [3.05, 3.63) is 48.0 Å². The highest BCUT2D eigenvalue weighted by Crippen LogP contribution is 2.31. The molecule has 2 N–H and O–H groups in total. The Kier molecular flexibility index (Phi) is 3.87. The van der Waals surface area contributed by atoms with E-state index in [1.165, 1.54) is 30.3 Å². The van der Waals surface area contributed by atoms with Gasteiger partial charge in [-0.3, -0.25) is 4.79 Å². The Morgan fingerprint density at radius 2 is 2.22 bits per heavy atom. The Labute approximate surface area is 137 Å². The minimum atomic E-state index is -0.289. The lowest BCUT2D eigenvalue weighted by atomic mass is 9.95. The highest BCUT2D eigenvalue weighted by molar-refractivity contribution is 7.99. The molecular weight excluding hydrogens is 315 g/mol. The van der Waals surface area contributed by atoms with Gasteiger partial charge in [-0.1, -0.05) is 17.8 Å². The Morgan fingerprint density at radius 1 is 1.30 bits per heavy atom. The first-order valence-corrected chi connectivity index (χ1v) is 8.59.